The van der Waals surface area contributed by atoms with Gasteiger partial charge in [0.05, 0.1) is 28.8 Å². The highest BCUT2D eigenvalue weighted by atomic mass is 32.2. The third-order valence-corrected chi connectivity index (χ3v) is 6.53. The number of nitrogens with one attached hydrogen (secondary N) is 1. The van der Waals surface area contributed by atoms with E-state index in [1.54, 1.807) is 12.1 Å². The average molecular weight is 459 g/mol. The highest BCUT2D eigenvalue weighted by molar-refractivity contribution is 7.92. The molecule has 0 atom stereocenters. The average Bonchev–Trinajstić information content (AvgIpc) is 3.14. The minimum atomic E-state index is -3.98. The van der Waals surface area contributed by atoms with Crippen molar-refractivity contribution < 1.29 is 22.9 Å². The van der Waals surface area contributed by atoms with Crippen LogP contribution in [-0.2, 0) is 17.1 Å². The molecule has 0 unspecified atom stereocenters. The number of benzene rings is 2. The molecule has 0 saturated heterocycles. The van der Waals surface area contributed by atoms with Gasteiger partial charge in [-0.15, -0.1) is 0 Å². The van der Waals surface area contributed by atoms with E-state index < -0.39 is 20.9 Å². The minimum Gasteiger partial charge on any atom is -0.495 e. The number of amides is 1. The Morgan fingerprint density at radius 3 is 2.47 bits per heavy atom. The first-order valence-electron chi connectivity index (χ1n) is 9.27. The normalized spacial score (nSPS) is 11.1. The van der Waals surface area contributed by atoms with Gasteiger partial charge >= 0.3 is 0 Å². The maximum Gasteiger partial charge on any atom is 0.271 e. The number of anilines is 2. The van der Waals surface area contributed by atoms with E-state index in [4.69, 9.17) is 4.74 Å². The number of nitro benzene ring substituents is 1. The number of aromatic nitrogens is 2. The van der Waals surface area contributed by atoms with Crippen molar-refractivity contribution in [1.82, 2.24) is 9.78 Å². The Morgan fingerprint density at radius 1 is 1.22 bits per heavy atom. The van der Waals surface area contributed by atoms with E-state index in [9.17, 15) is 23.3 Å². The van der Waals surface area contributed by atoms with Crippen molar-refractivity contribution in [3.63, 3.8) is 0 Å². The summed E-state index contributed by atoms with van der Waals surface area (Å²) >= 11 is 0. The van der Waals surface area contributed by atoms with Gasteiger partial charge in [-0.3, -0.25) is 23.9 Å². The van der Waals surface area contributed by atoms with Crippen LogP contribution in [0, 0.1) is 17.0 Å². The van der Waals surface area contributed by atoms with Gasteiger partial charge in [-0.05, 0) is 25.1 Å². The maximum atomic E-state index is 13.1. The topological polar surface area (TPSA) is 137 Å². The van der Waals surface area contributed by atoms with Crippen molar-refractivity contribution in [2.24, 2.45) is 7.05 Å². The molecule has 1 heterocycles. The number of non-ortho nitro benzene ring substituents is 1. The van der Waals surface area contributed by atoms with Gasteiger partial charge in [-0.1, -0.05) is 17.7 Å². The Labute approximate surface area is 184 Å². The monoisotopic (exact) mass is 459 g/mol. The maximum absolute atomic E-state index is 13.1. The van der Waals surface area contributed by atoms with E-state index in [1.807, 2.05) is 6.92 Å². The third-order valence-electron chi connectivity index (χ3n) is 4.77. The molecular weight excluding hydrogens is 438 g/mol. The molecule has 0 spiro atoms. The number of aryl methyl sites for hydroxylation is 2. The number of sulfonamides is 1. The zero-order chi connectivity index (χ0) is 23.6. The molecule has 11 nitrogen and oxygen atoms in total. The summed E-state index contributed by atoms with van der Waals surface area (Å²) < 4.78 is 33.6. The van der Waals surface area contributed by atoms with Crippen LogP contribution in [0.5, 0.6) is 5.75 Å². The van der Waals surface area contributed by atoms with Crippen LogP contribution in [0.1, 0.15) is 15.9 Å². The number of carbonyl (C=O) groups excluding carboxylic acids is 1. The van der Waals surface area contributed by atoms with Crippen LogP contribution in [0.2, 0.25) is 0 Å². The highest BCUT2D eigenvalue weighted by Gasteiger charge is 2.29. The van der Waals surface area contributed by atoms with Crippen LogP contribution >= 0.6 is 0 Å². The van der Waals surface area contributed by atoms with Gasteiger partial charge in [0.2, 0.25) is 0 Å². The van der Waals surface area contributed by atoms with Crippen molar-refractivity contribution in [2.75, 3.05) is 23.8 Å². The summed E-state index contributed by atoms with van der Waals surface area (Å²) in [5.41, 5.74) is 0.675. The lowest BCUT2D eigenvalue weighted by molar-refractivity contribution is -0.384. The summed E-state index contributed by atoms with van der Waals surface area (Å²) in [6, 6.07) is 10.0. The lowest BCUT2D eigenvalue weighted by Gasteiger charge is -2.21. The first kappa shape index (κ1) is 22.7. The molecule has 32 heavy (non-hydrogen) atoms. The predicted octanol–water partition coefficient (Wildman–Crippen LogP) is 2.72. The molecule has 0 radical (unpaired) electrons. The van der Waals surface area contributed by atoms with Crippen LogP contribution < -0.4 is 14.4 Å². The number of ether oxygens (including phenoxy) is 1. The Hall–Kier alpha value is -3.93. The minimum absolute atomic E-state index is 0.0208. The summed E-state index contributed by atoms with van der Waals surface area (Å²) in [7, 11) is 0.191. The second-order valence-corrected chi connectivity index (χ2v) is 8.86. The van der Waals surface area contributed by atoms with Crippen LogP contribution in [-0.4, -0.2) is 43.2 Å². The molecule has 3 aromatic rings. The molecule has 2 aromatic carbocycles. The highest BCUT2D eigenvalue weighted by Crippen LogP contribution is 2.31. The predicted molar refractivity (Wildman–Crippen MR) is 118 cm³/mol. The zero-order valence-electron chi connectivity index (χ0n) is 17.8. The Bertz CT molecular complexity index is 1280. The molecule has 0 bridgehead atoms. The molecule has 1 aromatic heterocycles. The van der Waals surface area contributed by atoms with Gasteiger partial charge in [-0.2, -0.15) is 5.10 Å². The molecule has 0 aliphatic carbocycles. The molecule has 168 valence electrons. The van der Waals surface area contributed by atoms with Crippen LogP contribution in [0.4, 0.5) is 17.2 Å². The van der Waals surface area contributed by atoms with Gasteiger partial charge < -0.3 is 10.1 Å². The van der Waals surface area contributed by atoms with E-state index in [0.717, 1.165) is 15.9 Å². The van der Waals surface area contributed by atoms with Gasteiger partial charge in [-0.25, -0.2) is 8.42 Å². The number of hydrogen-bond acceptors (Lipinski definition) is 7. The largest absolute Gasteiger partial charge is 0.495 e. The second kappa shape index (κ2) is 8.67. The summed E-state index contributed by atoms with van der Waals surface area (Å²) in [4.78, 5) is 23.5. The summed E-state index contributed by atoms with van der Waals surface area (Å²) in [5, 5.41) is 17.6. The summed E-state index contributed by atoms with van der Waals surface area (Å²) in [6.45, 7) is 1.84. The number of carbonyl (C=O) groups is 1. The Balaban J connectivity index is 1.98. The van der Waals surface area contributed by atoms with E-state index in [-0.39, 0.29) is 33.4 Å². The van der Waals surface area contributed by atoms with E-state index in [2.05, 4.69) is 10.4 Å². The first-order valence-corrected chi connectivity index (χ1v) is 10.7. The SMILES string of the molecule is COc1ccc([N+](=O)[O-])cc1NC(=O)c1cnn(C)c1N(C)S(=O)(=O)c1ccc(C)cc1. The fourth-order valence-corrected chi connectivity index (χ4v) is 4.28. The van der Waals surface area contributed by atoms with Crippen LogP contribution in [0.25, 0.3) is 0 Å². The molecule has 3 rings (SSSR count). The Morgan fingerprint density at radius 2 is 1.88 bits per heavy atom. The summed E-state index contributed by atoms with van der Waals surface area (Å²) in [6.07, 6.45) is 1.22. The number of rotatable bonds is 7. The number of methoxy groups -OCH3 is 1. The molecule has 0 fully saturated rings. The molecule has 0 aliphatic rings. The fourth-order valence-electron chi connectivity index (χ4n) is 3.04. The fraction of sp³-hybridized carbons (Fsp3) is 0.200. The summed E-state index contributed by atoms with van der Waals surface area (Å²) in [5.74, 6) is -0.486. The van der Waals surface area contributed by atoms with Crippen molar-refractivity contribution in [2.45, 2.75) is 11.8 Å². The molecule has 1 N–H and O–H groups in total. The number of hydrogen-bond donors (Lipinski definition) is 1. The quantitative estimate of drug-likeness (QED) is 0.424. The first-order chi connectivity index (χ1) is 15.1. The standard InChI is InChI=1S/C20H21N5O6S/c1-13-5-8-15(9-6-13)32(29,30)24(3)20-16(12-21-23(20)2)19(26)22-17-11-14(25(27)28)7-10-18(17)31-4/h5-12H,1-4H3,(H,22,26). The van der Waals surface area contributed by atoms with Gasteiger partial charge in [0, 0.05) is 26.2 Å². The van der Waals surface area contributed by atoms with Crippen LogP contribution in [0.3, 0.4) is 0 Å². The molecule has 1 amide bonds. The van der Waals surface area contributed by atoms with Crippen molar-refractivity contribution >= 4 is 33.1 Å². The number of nitro groups is 1. The molecule has 12 heteroatoms. The van der Waals surface area contributed by atoms with Gasteiger partial charge in [0.25, 0.3) is 21.6 Å². The van der Waals surface area contributed by atoms with E-state index >= 15 is 0 Å². The third kappa shape index (κ3) is 4.25. The van der Waals surface area contributed by atoms with Crippen molar-refractivity contribution in [1.29, 1.82) is 0 Å². The smallest absolute Gasteiger partial charge is 0.271 e. The molecule has 0 saturated carbocycles. The lowest BCUT2D eigenvalue weighted by Crippen LogP contribution is -2.30. The molecular formula is C20H21N5O6S. The van der Waals surface area contributed by atoms with Gasteiger partial charge in [0.15, 0.2) is 5.82 Å². The van der Waals surface area contributed by atoms with Gasteiger partial charge in [0.1, 0.15) is 11.3 Å². The van der Waals surface area contributed by atoms with Crippen molar-refractivity contribution in [3.05, 3.63) is 69.9 Å². The zero-order valence-corrected chi connectivity index (χ0v) is 18.6. The van der Waals surface area contributed by atoms with Crippen LogP contribution in [0.15, 0.2) is 53.6 Å². The Kier molecular flexibility index (Phi) is 6.16. The number of nitrogens with zero attached hydrogens (tertiary/aromatic N) is 4. The van der Waals surface area contributed by atoms with E-state index in [0.29, 0.717) is 0 Å². The lowest BCUT2D eigenvalue weighted by atomic mass is 10.2. The van der Waals surface area contributed by atoms with E-state index in [1.165, 1.54) is 56.3 Å². The van der Waals surface area contributed by atoms with Crippen molar-refractivity contribution in [3.8, 4) is 5.75 Å². The second-order valence-electron chi connectivity index (χ2n) is 6.89. The molecule has 0 aliphatic heterocycles.